The number of nitrogens with one attached hydrogen (secondary N) is 2. The number of benzene rings is 2. The number of para-hydroxylation sites is 2. The molecule has 0 bridgehead atoms. The van der Waals surface area contributed by atoms with Gasteiger partial charge in [0.2, 0.25) is 11.8 Å². The van der Waals surface area contributed by atoms with Crippen LogP contribution in [0.2, 0.25) is 0 Å². The summed E-state index contributed by atoms with van der Waals surface area (Å²) in [6, 6.07) is 12.0. The van der Waals surface area contributed by atoms with Crippen LogP contribution in [-0.4, -0.2) is 11.8 Å². The average molecular weight is 358 g/mol. The van der Waals surface area contributed by atoms with Crippen molar-refractivity contribution in [2.75, 3.05) is 10.6 Å². The van der Waals surface area contributed by atoms with Crippen LogP contribution in [0.15, 0.2) is 48.5 Å². The van der Waals surface area contributed by atoms with Crippen molar-refractivity contribution in [3.63, 3.8) is 0 Å². The SMILES string of the molecule is O=C(Nc1ccccc1F)C1CCC(C(=O)Nc2ccccc2F)CC1. The van der Waals surface area contributed by atoms with Gasteiger partial charge in [-0.2, -0.15) is 0 Å². The second kappa shape index (κ2) is 8.08. The maximum absolute atomic E-state index is 13.6. The van der Waals surface area contributed by atoms with Gasteiger partial charge in [0, 0.05) is 11.8 Å². The molecule has 0 saturated heterocycles. The Labute approximate surface area is 150 Å². The van der Waals surface area contributed by atoms with Gasteiger partial charge < -0.3 is 10.6 Å². The summed E-state index contributed by atoms with van der Waals surface area (Å²) < 4.78 is 27.3. The number of halogens is 2. The Kier molecular flexibility index (Phi) is 5.61. The fraction of sp³-hybridized carbons (Fsp3) is 0.300. The van der Waals surface area contributed by atoms with Crippen LogP contribution in [0.3, 0.4) is 0 Å². The molecule has 0 radical (unpaired) electrons. The summed E-state index contributed by atoms with van der Waals surface area (Å²) in [7, 11) is 0. The van der Waals surface area contributed by atoms with Crippen LogP contribution < -0.4 is 10.6 Å². The second-order valence-electron chi connectivity index (χ2n) is 6.49. The lowest BCUT2D eigenvalue weighted by atomic mass is 9.81. The van der Waals surface area contributed by atoms with Gasteiger partial charge in [0.1, 0.15) is 11.6 Å². The number of hydrogen-bond acceptors (Lipinski definition) is 2. The standard InChI is InChI=1S/C20H20F2N2O2/c21-15-5-1-3-7-17(15)23-19(25)13-9-11-14(12-10-13)20(26)24-18-8-4-2-6-16(18)22/h1-8,13-14H,9-12H2,(H,23,25)(H,24,26). The van der Waals surface area contributed by atoms with E-state index in [0.29, 0.717) is 25.7 Å². The molecule has 2 N–H and O–H groups in total. The molecule has 2 amide bonds. The third kappa shape index (κ3) is 4.25. The largest absolute Gasteiger partial charge is 0.323 e. The molecular formula is C20H20F2N2O2. The highest BCUT2D eigenvalue weighted by molar-refractivity contribution is 5.94. The number of anilines is 2. The molecule has 0 atom stereocenters. The molecule has 6 heteroatoms. The van der Waals surface area contributed by atoms with Crippen molar-refractivity contribution in [2.24, 2.45) is 11.8 Å². The molecule has 2 aromatic rings. The van der Waals surface area contributed by atoms with Crippen LogP contribution in [0.1, 0.15) is 25.7 Å². The Bertz CT molecular complexity index is 734. The van der Waals surface area contributed by atoms with E-state index in [-0.39, 0.29) is 35.0 Å². The summed E-state index contributed by atoms with van der Waals surface area (Å²) in [6.45, 7) is 0. The first-order chi connectivity index (χ1) is 12.5. The van der Waals surface area contributed by atoms with E-state index in [1.807, 2.05) is 0 Å². The van der Waals surface area contributed by atoms with Gasteiger partial charge in [-0.1, -0.05) is 24.3 Å². The lowest BCUT2D eigenvalue weighted by Gasteiger charge is -2.27. The topological polar surface area (TPSA) is 58.2 Å². The van der Waals surface area contributed by atoms with E-state index in [0.717, 1.165) is 0 Å². The zero-order chi connectivity index (χ0) is 18.5. The summed E-state index contributed by atoms with van der Waals surface area (Å²) in [4.78, 5) is 24.6. The molecule has 3 rings (SSSR count). The fourth-order valence-corrected chi connectivity index (χ4v) is 3.21. The third-order valence-electron chi connectivity index (χ3n) is 4.73. The zero-order valence-corrected chi connectivity index (χ0v) is 14.2. The molecule has 0 unspecified atom stereocenters. The van der Waals surface area contributed by atoms with Crippen molar-refractivity contribution in [1.82, 2.24) is 0 Å². The Morgan fingerprint density at radius 2 is 1.04 bits per heavy atom. The van der Waals surface area contributed by atoms with Gasteiger partial charge in [-0.05, 0) is 49.9 Å². The first-order valence-electron chi connectivity index (χ1n) is 8.65. The van der Waals surface area contributed by atoms with Crippen LogP contribution in [-0.2, 0) is 9.59 Å². The average Bonchev–Trinajstić information content (AvgIpc) is 2.65. The third-order valence-corrected chi connectivity index (χ3v) is 4.73. The van der Waals surface area contributed by atoms with Crippen LogP contribution in [0.25, 0.3) is 0 Å². The smallest absolute Gasteiger partial charge is 0.227 e. The number of amides is 2. The Morgan fingerprint density at radius 3 is 1.38 bits per heavy atom. The molecule has 2 aromatic carbocycles. The number of rotatable bonds is 4. The van der Waals surface area contributed by atoms with Gasteiger partial charge in [0.15, 0.2) is 0 Å². The van der Waals surface area contributed by atoms with Gasteiger partial charge in [0.05, 0.1) is 11.4 Å². The normalized spacial score (nSPS) is 19.6. The van der Waals surface area contributed by atoms with Gasteiger partial charge in [-0.15, -0.1) is 0 Å². The Hall–Kier alpha value is -2.76. The van der Waals surface area contributed by atoms with Crippen molar-refractivity contribution in [2.45, 2.75) is 25.7 Å². The lowest BCUT2D eigenvalue weighted by molar-refractivity contribution is -0.125. The molecule has 0 spiro atoms. The molecule has 1 aliphatic rings. The molecule has 26 heavy (non-hydrogen) atoms. The summed E-state index contributed by atoms with van der Waals surface area (Å²) in [5, 5.41) is 5.21. The van der Waals surface area contributed by atoms with E-state index in [2.05, 4.69) is 10.6 Å². The Balaban J connectivity index is 1.52. The summed E-state index contributed by atoms with van der Waals surface area (Å²) in [5.41, 5.74) is 0.328. The van der Waals surface area contributed by atoms with Crippen molar-refractivity contribution in [3.05, 3.63) is 60.2 Å². The summed E-state index contributed by atoms with van der Waals surface area (Å²) >= 11 is 0. The van der Waals surface area contributed by atoms with E-state index in [1.54, 1.807) is 24.3 Å². The van der Waals surface area contributed by atoms with Crippen LogP contribution in [0.5, 0.6) is 0 Å². The van der Waals surface area contributed by atoms with Gasteiger partial charge >= 0.3 is 0 Å². The predicted molar refractivity (Wildman–Crippen MR) is 95.5 cm³/mol. The minimum absolute atomic E-state index is 0.164. The van der Waals surface area contributed by atoms with Crippen LogP contribution in [0.4, 0.5) is 20.2 Å². The monoisotopic (exact) mass is 358 g/mol. The molecule has 4 nitrogen and oxygen atoms in total. The van der Waals surface area contributed by atoms with Crippen molar-refractivity contribution in [1.29, 1.82) is 0 Å². The summed E-state index contributed by atoms with van der Waals surface area (Å²) in [6.07, 6.45) is 2.15. The highest BCUT2D eigenvalue weighted by Gasteiger charge is 2.30. The quantitative estimate of drug-likeness (QED) is 0.854. The van der Waals surface area contributed by atoms with Gasteiger partial charge in [0.25, 0.3) is 0 Å². The van der Waals surface area contributed by atoms with Crippen LogP contribution in [0, 0.1) is 23.5 Å². The highest BCUT2D eigenvalue weighted by Crippen LogP contribution is 2.31. The number of carbonyl (C=O) groups is 2. The highest BCUT2D eigenvalue weighted by atomic mass is 19.1. The maximum Gasteiger partial charge on any atom is 0.227 e. The summed E-state index contributed by atoms with van der Waals surface area (Å²) in [5.74, 6) is -1.93. The molecule has 1 fully saturated rings. The predicted octanol–water partition coefficient (Wildman–Crippen LogP) is 4.35. The minimum Gasteiger partial charge on any atom is -0.323 e. The van der Waals surface area contributed by atoms with Crippen molar-refractivity contribution < 1.29 is 18.4 Å². The van der Waals surface area contributed by atoms with E-state index < -0.39 is 11.6 Å². The minimum atomic E-state index is -0.473. The van der Waals surface area contributed by atoms with E-state index >= 15 is 0 Å². The van der Waals surface area contributed by atoms with Gasteiger partial charge in [-0.25, -0.2) is 8.78 Å². The molecule has 0 aliphatic heterocycles. The number of hydrogen-bond donors (Lipinski definition) is 2. The molecule has 0 heterocycles. The second-order valence-corrected chi connectivity index (χ2v) is 6.49. The zero-order valence-electron chi connectivity index (χ0n) is 14.2. The van der Waals surface area contributed by atoms with Crippen molar-refractivity contribution in [3.8, 4) is 0 Å². The molecule has 136 valence electrons. The first kappa shape index (κ1) is 18.0. The number of carbonyl (C=O) groups excluding carboxylic acids is 2. The van der Waals surface area contributed by atoms with Crippen molar-refractivity contribution >= 4 is 23.2 Å². The lowest BCUT2D eigenvalue weighted by Crippen LogP contribution is -2.32. The first-order valence-corrected chi connectivity index (χ1v) is 8.65. The molecule has 0 aromatic heterocycles. The molecular weight excluding hydrogens is 338 g/mol. The van der Waals surface area contributed by atoms with Gasteiger partial charge in [-0.3, -0.25) is 9.59 Å². The fourth-order valence-electron chi connectivity index (χ4n) is 3.21. The van der Waals surface area contributed by atoms with E-state index in [4.69, 9.17) is 0 Å². The maximum atomic E-state index is 13.6. The Morgan fingerprint density at radius 1 is 0.692 bits per heavy atom. The van der Waals surface area contributed by atoms with E-state index in [1.165, 1.54) is 24.3 Å². The molecule has 1 aliphatic carbocycles. The molecule has 1 saturated carbocycles. The van der Waals surface area contributed by atoms with E-state index in [9.17, 15) is 18.4 Å². The van der Waals surface area contributed by atoms with Crippen LogP contribution >= 0.6 is 0 Å².